The highest BCUT2D eigenvalue weighted by molar-refractivity contribution is 5.95. The Hall–Kier alpha value is -3.48. The van der Waals surface area contributed by atoms with E-state index in [1.807, 2.05) is 30.3 Å². The first-order valence-corrected chi connectivity index (χ1v) is 7.92. The molecule has 0 unspecified atom stereocenters. The van der Waals surface area contributed by atoms with Crippen LogP contribution in [0, 0.1) is 12.7 Å². The molecule has 1 aromatic heterocycles. The number of hydrogen-bond acceptors (Lipinski definition) is 3. The van der Waals surface area contributed by atoms with Gasteiger partial charge in [-0.3, -0.25) is 14.3 Å². The molecule has 0 aliphatic rings. The fraction of sp³-hybridized carbons (Fsp3) is 0.105. The van der Waals surface area contributed by atoms with Gasteiger partial charge in [0.2, 0.25) is 0 Å². The van der Waals surface area contributed by atoms with Crippen molar-refractivity contribution in [3.05, 3.63) is 87.6 Å². The summed E-state index contributed by atoms with van der Waals surface area (Å²) in [5.41, 5.74) is 3.74. The molecule has 2 aromatic carbocycles. The summed E-state index contributed by atoms with van der Waals surface area (Å²) in [6, 6.07) is 14.8. The van der Waals surface area contributed by atoms with Crippen LogP contribution in [-0.2, 0) is 7.05 Å². The van der Waals surface area contributed by atoms with Gasteiger partial charge in [-0.25, -0.2) is 14.5 Å². The number of hydrogen-bond donors (Lipinski definition) is 1. The van der Waals surface area contributed by atoms with Gasteiger partial charge in [-0.2, -0.15) is 5.10 Å². The van der Waals surface area contributed by atoms with Gasteiger partial charge >= 0.3 is 0 Å². The third kappa shape index (κ3) is 3.19. The molecule has 0 radical (unpaired) electrons. The van der Waals surface area contributed by atoms with Crippen LogP contribution in [0.1, 0.15) is 21.6 Å². The standard InChI is InChI=1S/C19H17FN4O2/c1-13-17(12-21-22-18(25)15-10-6-7-11-16(15)20)23(2)24(19(13)26)14-8-4-3-5-9-14/h3-12H,1-2H3,(H,22,25)/b21-12-. The van der Waals surface area contributed by atoms with Crippen LogP contribution in [-0.4, -0.2) is 21.5 Å². The van der Waals surface area contributed by atoms with Crippen LogP contribution >= 0.6 is 0 Å². The third-order valence-corrected chi connectivity index (χ3v) is 4.02. The number of hydrazone groups is 1. The molecule has 3 rings (SSSR count). The number of carbonyl (C=O) groups excluding carboxylic acids is 1. The molecule has 7 heteroatoms. The summed E-state index contributed by atoms with van der Waals surface area (Å²) in [5.74, 6) is -1.29. The largest absolute Gasteiger partial charge is 0.279 e. The monoisotopic (exact) mass is 352 g/mol. The van der Waals surface area contributed by atoms with Crippen LogP contribution in [0.3, 0.4) is 0 Å². The van der Waals surface area contributed by atoms with E-state index in [-0.39, 0.29) is 11.1 Å². The number of rotatable bonds is 4. The van der Waals surface area contributed by atoms with Gasteiger partial charge in [-0.1, -0.05) is 30.3 Å². The molecule has 0 spiro atoms. The first-order chi connectivity index (χ1) is 12.5. The van der Waals surface area contributed by atoms with E-state index in [4.69, 9.17) is 0 Å². The third-order valence-electron chi connectivity index (χ3n) is 4.02. The topological polar surface area (TPSA) is 68.4 Å². The summed E-state index contributed by atoms with van der Waals surface area (Å²) in [6.45, 7) is 1.68. The van der Waals surface area contributed by atoms with Crippen LogP contribution in [0.2, 0.25) is 0 Å². The van der Waals surface area contributed by atoms with Crippen LogP contribution in [0.15, 0.2) is 64.5 Å². The second kappa shape index (κ2) is 7.18. The number of nitrogens with one attached hydrogen (secondary N) is 1. The summed E-state index contributed by atoms with van der Waals surface area (Å²) in [7, 11) is 1.72. The van der Waals surface area contributed by atoms with E-state index in [1.165, 1.54) is 29.1 Å². The van der Waals surface area contributed by atoms with Crippen molar-refractivity contribution in [3.8, 4) is 5.69 Å². The number of nitrogens with zero attached hydrogens (tertiary/aromatic N) is 3. The Labute approximate surface area is 149 Å². The van der Waals surface area contributed by atoms with Crippen molar-refractivity contribution >= 4 is 12.1 Å². The quantitative estimate of drug-likeness (QED) is 0.579. The first kappa shape index (κ1) is 17.3. The van der Waals surface area contributed by atoms with Crippen molar-refractivity contribution in [3.63, 3.8) is 0 Å². The molecule has 0 aliphatic heterocycles. The molecular formula is C19H17FN4O2. The molecule has 6 nitrogen and oxygen atoms in total. The lowest BCUT2D eigenvalue weighted by Crippen LogP contribution is -2.20. The van der Waals surface area contributed by atoms with E-state index < -0.39 is 11.7 Å². The van der Waals surface area contributed by atoms with Gasteiger partial charge in [0.05, 0.1) is 23.2 Å². The molecule has 0 aliphatic carbocycles. The van der Waals surface area contributed by atoms with Gasteiger partial charge in [0.15, 0.2) is 0 Å². The Balaban J connectivity index is 1.87. The second-order valence-corrected chi connectivity index (χ2v) is 5.67. The molecule has 3 aromatic rings. The average molecular weight is 352 g/mol. The van der Waals surface area contributed by atoms with E-state index in [9.17, 15) is 14.0 Å². The van der Waals surface area contributed by atoms with Crippen molar-refractivity contribution in [1.82, 2.24) is 14.8 Å². The highest BCUT2D eigenvalue weighted by Gasteiger charge is 2.14. The predicted molar refractivity (Wildman–Crippen MR) is 97.2 cm³/mol. The van der Waals surface area contributed by atoms with E-state index in [2.05, 4.69) is 10.5 Å². The van der Waals surface area contributed by atoms with Gasteiger partial charge < -0.3 is 0 Å². The molecular weight excluding hydrogens is 335 g/mol. The minimum absolute atomic E-state index is 0.0999. The number of para-hydroxylation sites is 1. The van der Waals surface area contributed by atoms with Gasteiger partial charge in [0.25, 0.3) is 11.5 Å². The Morgan fingerprint density at radius 3 is 2.46 bits per heavy atom. The number of benzene rings is 2. The Kier molecular flexibility index (Phi) is 4.79. The summed E-state index contributed by atoms with van der Waals surface area (Å²) in [5, 5.41) is 3.86. The lowest BCUT2D eigenvalue weighted by Gasteiger charge is -2.08. The van der Waals surface area contributed by atoms with Crippen molar-refractivity contribution in [2.75, 3.05) is 0 Å². The van der Waals surface area contributed by atoms with Crippen LogP contribution < -0.4 is 11.0 Å². The maximum atomic E-state index is 13.6. The smallest absolute Gasteiger partial charge is 0.274 e. The van der Waals surface area contributed by atoms with Gasteiger partial charge in [-0.15, -0.1) is 0 Å². The average Bonchev–Trinajstić information content (AvgIpc) is 2.86. The molecule has 0 saturated carbocycles. The van der Waals surface area contributed by atoms with Gasteiger partial charge in [-0.05, 0) is 31.2 Å². The fourth-order valence-electron chi connectivity index (χ4n) is 2.65. The van der Waals surface area contributed by atoms with Crippen molar-refractivity contribution < 1.29 is 9.18 Å². The van der Waals surface area contributed by atoms with Gasteiger partial charge in [0, 0.05) is 12.6 Å². The van der Waals surface area contributed by atoms with Crippen molar-refractivity contribution in [2.24, 2.45) is 12.1 Å². The van der Waals surface area contributed by atoms with Crippen LogP contribution in [0.25, 0.3) is 5.69 Å². The molecule has 0 bridgehead atoms. The first-order valence-electron chi connectivity index (χ1n) is 7.92. The summed E-state index contributed by atoms with van der Waals surface area (Å²) in [6.07, 6.45) is 1.37. The lowest BCUT2D eigenvalue weighted by atomic mass is 10.2. The Bertz CT molecular complexity index is 1040. The SMILES string of the molecule is Cc1c(/C=N\NC(=O)c2ccccc2F)n(C)n(-c2ccccc2)c1=O. The zero-order chi connectivity index (χ0) is 18.7. The van der Waals surface area contributed by atoms with E-state index >= 15 is 0 Å². The Morgan fingerprint density at radius 2 is 1.77 bits per heavy atom. The number of halogens is 1. The minimum atomic E-state index is -0.663. The minimum Gasteiger partial charge on any atom is -0.279 e. The number of carbonyl (C=O) groups is 1. The van der Waals surface area contributed by atoms with E-state index in [1.54, 1.807) is 24.7 Å². The lowest BCUT2D eigenvalue weighted by molar-refractivity contribution is 0.0951. The predicted octanol–water partition coefficient (Wildman–Crippen LogP) is 2.39. The maximum Gasteiger partial charge on any atom is 0.274 e. The van der Waals surface area contributed by atoms with Crippen LogP contribution in [0.5, 0.6) is 0 Å². The molecule has 1 heterocycles. The molecule has 0 fully saturated rings. The van der Waals surface area contributed by atoms with E-state index in [0.717, 1.165) is 5.69 Å². The number of amides is 1. The maximum absolute atomic E-state index is 13.6. The normalized spacial score (nSPS) is 11.0. The zero-order valence-corrected chi connectivity index (χ0v) is 14.3. The molecule has 26 heavy (non-hydrogen) atoms. The Morgan fingerprint density at radius 1 is 1.12 bits per heavy atom. The van der Waals surface area contributed by atoms with Crippen LogP contribution in [0.4, 0.5) is 4.39 Å². The zero-order valence-electron chi connectivity index (χ0n) is 14.3. The highest BCUT2D eigenvalue weighted by atomic mass is 19.1. The van der Waals surface area contributed by atoms with Crippen molar-refractivity contribution in [1.29, 1.82) is 0 Å². The molecule has 0 saturated heterocycles. The molecule has 1 amide bonds. The van der Waals surface area contributed by atoms with Crippen molar-refractivity contribution in [2.45, 2.75) is 6.92 Å². The molecule has 1 N–H and O–H groups in total. The fourth-order valence-corrected chi connectivity index (χ4v) is 2.65. The van der Waals surface area contributed by atoms with Gasteiger partial charge in [0.1, 0.15) is 5.82 Å². The van der Waals surface area contributed by atoms with E-state index in [0.29, 0.717) is 11.3 Å². The summed E-state index contributed by atoms with van der Waals surface area (Å²) >= 11 is 0. The summed E-state index contributed by atoms with van der Waals surface area (Å²) < 4.78 is 16.8. The highest BCUT2D eigenvalue weighted by Crippen LogP contribution is 2.09. The molecule has 132 valence electrons. The number of aromatic nitrogens is 2. The second-order valence-electron chi connectivity index (χ2n) is 5.67. The summed E-state index contributed by atoms with van der Waals surface area (Å²) in [4.78, 5) is 24.5. The molecule has 0 atom stereocenters.